The van der Waals surface area contributed by atoms with Gasteiger partial charge in [0.1, 0.15) is 0 Å². The molecule has 1 heterocycles. The molecule has 0 aromatic rings. The largest absolute Gasteiger partial charge is 0.371 e. The summed E-state index contributed by atoms with van der Waals surface area (Å²) in [6, 6.07) is 0.182. The van der Waals surface area contributed by atoms with Crippen molar-refractivity contribution in [3.05, 3.63) is 12.7 Å². The van der Waals surface area contributed by atoms with Gasteiger partial charge in [0.2, 0.25) is 5.91 Å². The summed E-state index contributed by atoms with van der Waals surface area (Å²) in [6.07, 6.45) is 6.06. The number of hydrogen-bond acceptors (Lipinski definition) is 2. The molecule has 1 unspecified atom stereocenters. The van der Waals surface area contributed by atoms with Crippen molar-refractivity contribution in [2.45, 2.75) is 44.2 Å². The Balaban J connectivity index is 2.09. The van der Waals surface area contributed by atoms with Crippen LogP contribution in [-0.2, 0) is 9.53 Å². The van der Waals surface area contributed by atoms with E-state index in [1.807, 2.05) is 11.8 Å². The number of morpholine rings is 1. The van der Waals surface area contributed by atoms with Crippen LogP contribution in [0, 0.1) is 0 Å². The summed E-state index contributed by atoms with van der Waals surface area (Å²) in [6.45, 7) is 7.00. The molecule has 1 aliphatic carbocycles. The molecule has 15 heavy (non-hydrogen) atoms. The van der Waals surface area contributed by atoms with Crippen LogP contribution in [0.3, 0.4) is 0 Å². The summed E-state index contributed by atoms with van der Waals surface area (Å²) < 4.78 is 5.94. The van der Waals surface area contributed by atoms with Crippen LogP contribution >= 0.6 is 0 Å². The number of ether oxygens (including phenoxy) is 1. The monoisotopic (exact) mass is 209 g/mol. The van der Waals surface area contributed by atoms with Gasteiger partial charge >= 0.3 is 0 Å². The Labute approximate surface area is 91.1 Å². The van der Waals surface area contributed by atoms with Crippen molar-refractivity contribution < 1.29 is 9.53 Å². The second-order valence-electron chi connectivity index (χ2n) is 4.72. The number of amides is 1. The fraction of sp³-hybridized carbons (Fsp3) is 0.750. The molecule has 1 saturated carbocycles. The maximum atomic E-state index is 11.7. The zero-order chi connectivity index (χ0) is 10.9. The highest BCUT2D eigenvalue weighted by atomic mass is 16.5. The Morgan fingerprint density at radius 1 is 1.53 bits per heavy atom. The summed E-state index contributed by atoms with van der Waals surface area (Å²) >= 11 is 0. The van der Waals surface area contributed by atoms with Crippen LogP contribution < -0.4 is 0 Å². The van der Waals surface area contributed by atoms with Crippen LogP contribution in [0.15, 0.2) is 12.7 Å². The molecule has 1 atom stereocenters. The zero-order valence-electron chi connectivity index (χ0n) is 9.37. The first-order valence-electron chi connectivity index (χ1n) is 5.74. The van der Waals surface area contributed by atoms with E-state index in [0.29, 0.717) is 6.61 Å². The molecule has 84 valence electrons. The average molecular weight is 209 g/mol. The normalized spacial score (nSPS) is 29.4. The van der Waals surface area contributed by atoms with Crippen molar-refractivity contribution >= 4 is 5.91 Å². The molecule has 0 radical (unpaired) electrons. The summed E-state index contributed by atoms with van der Waals surface area (Å²) in [5.41, 5.74) is -0.0365. The lowest BCUT2D eigenvalue weighted by Gasteiger charge is -2.44. The molecule has 0 aromatic carbocycles. The van der Waals surface area contributed by atoms with Gasteiger partial charge in [0.05, 0.1) is 24.8 Å². The Bertz CT molecular complexity index is 269. The summed E-state index contributed by atoms with van der Waals surface area (Å²) in [4.78, 5) is 13.6. The van der Waals surface area contributed by atoms with Crippen LogP contribution in [0.25, 0.3) is 0 Å². The van der Waals surface area contributed by atoms with Gasteiger partial charge in [0.25, 0.3) is 0 Å². The van der Waals surface area contributed by atoms with Gasteiger partial charge in [0, 0.05) is 0 Å². The van der Waals surface area contributed by atoms with Gasteiger partial charge in [-0.1, -0.05) is 19.4 Å². The highest BCUT2D eigenvalue weighted by molar-refractivity contribution is 5.87. The summed E-state index contributed by atoms with van der Waals surface area (Å²) in [7, 11) is 0. The number of nitrogens with zero attached hydrogens (tertiary/aromatic N) is 1. The van der Waals surface area contributed by atoms with E-state index in [1.54, 1.807) is 0 Å². The molecule has 2 aliphatic rings. The van der Waals surface area contributed by atoms with Crippen LogP contribution in [-0.4, -0.2) is 35.6 Å². The minimum atomic E-state index is -0.0365. The molecule has 1 aliphatic heterocycles. The molecule has 1 spiro atoms. The smallest absolute Gasteiger partial charge is 0.246 e. The third-order valence-electron chi connectivity index (χ3n) is 3.59. The van der Waals surface area contributed by atoms with Crippen molar-refractivity contribution in [2.24, 2.45) is 0 Å². The summed E-state index contributed by atoms with van der Waals surface area (Å²) in [5.74, 6) is 0.0390. The Morgan fingerprint density at radius 2 is 2.20 bits per heavy atom. The molecule has 0 N–H and O–H groups in total. The van der Waals surface area contributed by atoms with E-state index in [4.69, 9.17) is 4.74 Å². The van der Waals surface area contributed by atoms with Crippen molar-refractivity contribution in [1.29, 1.82) is 0 Å². The first-order valence-corrected chi connectivity index (χ1v) is 5.74. The van der Waals surface area contributed by atoms with Gasteiger partial charge < -0.3 is 9.64 Å². The zero-order valence-corrected chi connectivity index (χ0v) is 9.37. The SMILES string of the molecule is C=CC(=O)N1CC2(CCCC2)OCC1C. The predicted octanol–water partition coefficient (Wildman–Crippen LogP) is 1.73. The van der Waals surface area contributed by atoms with Crippen LogP contribution in [0.4, 0.5) is 0 Å². The molecule has 0 aromatic heterocycles. The van der Waals surface area contributed by atoms with Gasteiger partial charge in [-0.2, -0.15) is 0 Å². The van der Waals surface area contributed by atoms with Gasteiger partial charge in [-0.25, -0.2) is 0 Å². The van der Waals surface area contributed by atoms with Crippen LogP contribution in [0.5, 0.6) is 0 Å². The number of rotatable bonds is 1. The first-order chi connectivity index (χ1) is 7.17. The average Bonchev–Trinajstić information content (AvgIpc) is 2.70. The lowest BCUT2D eigenvalue weighted by atomic mass is 9.98. The second-order valence-corrected chi connectivity index (χ2v) is 4.72. The van der Waals surface area contributed by atoms with Crippen molar-refractivity contribution in [2.75, 3.05) is 13.2 Å². The first kappa shape index (κ1) is 10.7. The van der Waals surface area contributed by atoms with Crippen molar-refractivity contribution in [1.82, 2.24) is 4.90 Å². The van der Waals surface area contributed by atoms with E-state index >= 15 is 0 Å². The van der Waals surface area contributed by atoms with E-state index in [9.17, 15) is 4.79 Å². The van der Waals surface area contributed by atoms with Gasteiger partial charge in [-0.15, -0.1) is 0 Å². The molecular weight excluding hydrogens is 190 g/mol. The molecule has 1 amide bonds. The fourth-order valence-electron chi connectivity index (χ4n) is 2.63. The van der Waals surface area contributed by atoms with E-state index in [1.165, 1.54) is 18.9 Å². The quantitative estimate of drug-likeness (QED) is 0.615. The van der Waals surface area contributed by atoms with Crippen LogP contribution in [0.2, 0.25) is 0 Å². The Morgan fingerprint density at radius 3 is 2.80 bits per heavy atom. The van der Waals surface area contributed by atoms with E-state index in [-0.39, 0.29) is 17.6 Å². The van der Waals surface area contributed by atoms with Gasteiger partial charge in [-0.05, 0) is 25.8 Å². The standard InChI is InChI=1S/C12H19NO2/c1-3-11(14)13-9-12(6-4-5-7-12)15-8-10(13)2/h3,10H,1,4-9H2,2H3. The van der Waals surface area contributed by atoms with E-state index < -0.39 is 0 Å². The summed E-state index contributed by atoms with van der Waals surface area (Å²) in [5, 5.41) is 0. The van der Waals surface area contributed by atoms with Gasteiger partial charge in [0.15, 0.2) is 0 Å². The van der Waals surface area contributed by atoms with E-state index in [2.05, 4.69) is 6.58 Å². The topological polar surface area (TPSA) is 29.5 Å². The molecular formula is C12H19NO2. The van der Waals surface area contributed by atoms with Crippen LogP contribution in [0.1, 0.15) is 32.6 Å². The van der Waals surface area contributed by atoms with Gasteiger partial charge in [-0.3, -0.25) is 4.79 Å². The third-order valence-corrected chi connectivity index (χ3v) is 3.59. The highest BCUT2D eigenvalue weighted by Gasteiger charge is 2.42. The molecule has 2 rings (SSSR count). The van der Waals surface area contributed by atoms with Crippen molar-refractivity contribution in [3.8, 4) is 0 Å². The maximum Gasteiger partial charge on any atom is 0.246 e. The lowest BCUT2D eigenvalue weighted by molar-refractivity contribution is -0.154. The maximum absolute atomic E-state index is 11.7. The van der Waals surface area contributed by atoms with Crippen molar-refractivity contribution in [3.63, 3.8) is 0 Å². The molecule has 2 fully saturated rings. The molecule has 0 bridgehead atoms. The molecule has 3 heteroatoms. The number of hydrogen-bond donors (Lipinski definition) is 0. The number of carbonyl (C=O) groups excluding carboxylic acids is 1. The highest BCUT2D eigenvalue weighted by Crippen LogP contribution is 2.37. The minimum Gasteiger partial charge on any atom is -0.371 e. The Kier molecular flexibility index (Phi) is 2.83. The number of carbonyl (C=O) groups is 1. The second kappa shape index (κ2) is 3.97. The Hall–Kier alpha value is -0.830. The molecule has 3 nitrogen and oxygen atoms in total. The van der Waals surface area contributed by atoms with E-state index in [0.717, 1.165) is 19.4 Å². The minimum absolute atomic E-state index is 0.0365. The fourth-order valence-corrected chi connectivity index (χ4v) is 2.63. The predicted molar refractivity (Wildman–Crippen MR) is 58.5 cm³/mol. The molecule has 1 saturated heterocycles. The lowest BCUT2D eigenvalue weighted by Crippen LogP contribution is -2.56. The third kappa shape index (κ3) is 1.93.